The number of piperidine rings is 1. The number of nitrogens with two attached hydrogens (primary N) is 2. The molecule has 1 unspecified atom stereocenters. The Bertz CT molecular complexity index is 228. The third-order valence-electron chi connectivity index (χ3n) is 2.80. The Labute approximate surface area is 104 Å². The molecule has 1 amide bonds. The number of carbonyl (C=O) groups excluding carboxylic acids is 1. The summed E-state index contributed by atoms with van der Waals surface area (Å²) in [5, 5.41) is 0. The van der Waals surface area contributed by atoms with Crippen molar-refractivity contribution in [2.75, 3.05) is 13.1 Å². The van der Waals surface area contributed by atoms with Gasteiger partial charge in [-0.2, -0.15) is 0 Å². The average molecular weight is 250 g/mol. The van der Waals surface area contributed by atoms with Gasteiger partial charge >= 0.3 is 0 Å². The van der Waals surface area contributed by atoms with E-state index in [0.29, 0.717) is 12.5 Å². The maximum Gasteiger partial charge on any atom is 0.218 e. The van der Waals surface area contributed by atoms with E-state index in [4.69, 9.17) is 11.5 Å². The molecule has 16 heavy (non-hydrogen) atoms. The molecule has 0 aliphatic carbocycles. The Balaban J connectivity index is 0.00000225. The Morgan fingerprint density at radius 3 is 2.56 bits per heavy atom. The van der Waals surface area contributed by atoms with Gasteiger partial charge in [0.2, 0.25) is 5.91 Å². The second kappa shape index (κ2) is 6.42. The van der Waals surface area contributed by atoms with E-state index < -0.39 is 0 Å². The molecule has 1 rings (SSSR count). The summed E-state index contributed by atoms with van der Waals surface area (Å²) in [5.41, 5.74) is 11.1. The lowest BCUT2D eigenvalue weighted by Crippen LogP contribution is -2.51. The molecule has 0 saturated carbocycles. The topological polar surface area (TPSA) is 72.3 Å². The van der Waals surface area contributed by atoms with Gasteiger partial charge < -0.3 is 11.5 Å². The van der Waals surface area contributed by atoms with Crippen LogP contribution in [-0.2, 0) is 4.79 Å². The van der Waals surface area contributed by atoms with Crippen LogP contribution in [0.1, 0.15) is 39.5 Å². The van der Waals surface area contributed by atoms with Gasteiger partial charge in [-0.1, -0.05) is 6.42 Å². The molecule has 0 radical (unpaired) electrons. The third-order valence-corrected chi connectivity index (χ3v) is 2.80. The smallest absolute Gasteiger partial charge is 0.218 e. The fourth-order valence-corrected chi connectivity index (χ4v) is 2.25. The van der Waals surface area contributed by atoms with Gasteiger partial charge in [-0.25, -0.2) is 0 Å². The van der Waals surface area contributed by atoms with Crippen molar-refractivity contribution in [2.24, 2.45) is 11.5 Å². The molecule has 5 heteroatoms. The molecule has 4 nitrogen and oxygen atoms in total. The van der Waals surface area contributed by atoms with Crippen molar-refractivity contribution < 1.29 is 4.79 Å². The van der Waals surface area contributed by atoms with Gasteiger partial charge in [0.15, 0.2) is 0 Å². The lowest BCUT2D eigenvalue weighted by Gasteiger charge is -2.38. The number of hydrogen-bond acceptors (Lipinski definition) is 3. The quantitative estimate of drug-likeness (QED) is 0.777. The number of likely N-dealkylation sites (tertiary alicyclic amines) is 1. The van der Waals surface area contributed by atoms with Crippen LogP contribution in [0.3, 0.4) is 0 Å². The first-order valence-corrected chi connectivity index (χ1v) is 5.70. The molecule has 0 bridgehead atoms. The highest BCUT2D eigenvalue weighted by molar-refractivity contribution is 5.85. The zero-order valence-corrected chi connectivity index (χ0v) is 11.1. The Hall–Kier alpha value is -0.320. The minimum atomic E-state index is -0.207. The molecule has 0 spiro atoms. The van der Waals surface area contributed by atoms with E-state index in [-0.39, 0.29) is 23.9 Å². The van der Waals surface area contributed by atoms with Gasteiger partial charge in [0, 0.05) is 24.5 Å². The summed E-state index contributed by atoms with van der Waals surface area (Å²) in [7, 11) is 0. The zero-order chi connectivity index (χ0) is 11.5. The van der Waals surface area contributed by atoms with Crippen LogP contribution in [0.2, 0.25) is 0 Å². The molecule has 0 aromatic heterocycles. The van der Waals surface area contributed by atoms with Crippen molar-refractivity contribution in [1.29, 1.82) is 0 Å². The molecule has 1 aliphatic rings. The van der Waals surface area contributed by atoms with Crippen molar-refractivity contribution in [3.8, 4) is 0 Å². The van der Waals surface area contributed by atoms with Crippen molar-refractivity contribution in [3.05, 3.63) is 0 Å². The van der Waals surface area contributed by atoms with Gasteiger partial charge in [0.05, 0.1) is 0 Å². The Kier molecular flexibility index (Phi) is 6.30. The molecule has 0 aromatic carbocycles. The highest BCUT2D eigenvalue weighted by Gasteiger charge is 2.27. The first-order valence-electron chi connectivity index (χ1n) is 5.70. The predicted octanol–water partition coefficient (Wildman–Crippen LogP) is 0.875. The molecule has 4 N–H and O–H groups in total. The maximum absolute atomic E-state index is 10.9. The van der Waals surface area contributed by atoms with Crippen molar-refractivity contribution in [1.82, 2.24) is 4.90 Å². The fourth-order valence-electron chi connectivity index (χ4n) is 2.25. The van der Waals surface area contributed by atoms with Crippen molar-refractivity contribution in [2.45, 2.75) is 51.1 Å². The van der Waals surface area contributed by atoms with Gasteiger partial charge in [-0.05, 0) is 33.2 Å². The first kappa shape index (κ1) is 15.7. The van der Waals surface area contributed by atoms with Crippen LogP contribution < -0.4 is 11.5 Å². The minimum absolute atomic E-state index is 0. The van der Waals surface area contributed by atoms with E-state index in [1.807, 2.05) is 13.8 Å². The van der Waals surface area contributed by atoms with E-state index in [1.165, 1.54) is 12.8 Å². The van der Waals surface area contributed by atoms with E-state index >= 15 is 0 Å². The fraction of sp³-hybridized carbons (Fsp3) is 0.909. The van der Waals surface area contributed by atoms with E-state index in [0.717, 1.165) is 19.5 Å². The number of hydrogen-bond donors (Lipinski definition) is 2. The van der Waals surface area contributed by atoms with Crippen LogP contribution in [0.15, 0.2) is 0 Å². The number of rotatable bonds is 4. The third kappa shape index (κ3) is 5.68. The van der Waals surface area contributed by atoms with Crippen molar-refractivity contribution >= 4 is 18.3 Å². The summed E-state index contributed by atoms with van der Waals surface area (Å²) in [6.07, 6.45) is 3.93. The lowest BCUT2D eigenvalue weighted by molar-refractivity contribution is -0.119. The van der Waals surface area contributed by atoms with E-state index in [9.17, 15) is 4.79 Å². The standard InChI is InChI=1S/C11H23N3O.ClH/c1-11(2,13)8-14-6-4-3-5-9(14)7-10(12)15;/h9H,3-8,13H2,1-2H3,(H2,12,15);1H. The second-order valence-electron chi connectivity index (χ2n) is 5.28. The summed E-state index contributed by atoms with van der Waals surface area (Å²) in [6.45, 7) is 5.91. The van der Waals surface area contributed by atoms with E-state index in [1.54, 1.807) is 0 Å². The van der Waals surface area contributed by atoms with Crippen LogP contribution in [-0.4, -0.2) is 35.5 Å². The minimum Gasteiger partial charge on any atom is -0.370 e. The molecule has 96 valence electrons. The van der Waals surface area contributed by atoms with Crippen LogP contribution in [0, 0.1) is 0 Å². The number of halogens is 1. The SMILES string of the molecule is CC(C)(N)CN1CCCCC1CC(N)=O.Cl. The van der Waals surface area contributed by atoms with E-state index in [2.05, 4.69) is 4.90 Å². The van der Waals surface area contributed by atoms with Gasteiger partial charge in [0.1, 0.15) is 0 Å². The van der Waals surface area contributed by atoms with Crippen LogP contribution >= 0.6 is 12.4 Å². The monoisotopic (exact) mass is 249 g/mol. The van der Waals surface area contributed by atoms with Crippen LogP contribution in [0.5, 0.6) is 0 Å². The number of nitrogens with zero attached hydrogens (tertiary/aromatic N) is 1. The van der Waals surface area contributed by atoms with Crippen LogP contribution in [0.4, 0.5) is 0 Å². The summed E-state index contributed by atoms with van der Waals surface area (Å²) in [4.78, 5) is 13.3. The van der Waals surface area contributed by atoms with Crippen molar-refractivity contribution in [3.63, 3.8) is 0 Å². The molecule has 1 fully saturated rings. The summed E-state index contributed by atoms with van der Waals surface area (Å²) in [5.74, 6) is -0.207. The van der Waals surface area contributed by atoms with Gasteiger partial charge in [-0.15, -0.1) is 12.4 Å². The largest absolute Gasteiger partial charge is 0.370 e. The lowest BCUT2D eigenvalue weighted by atomic mass is 9.96. The highest BCUT2D eigenvalue weighted by atomic mass is 35.5. The number of primary amides is 1. The maximum atomic E-state index is 10.9. The molecule has 1 saturated heterocycles. The van der Waals surface area contributed by atoms with Gasteiger partial charge in [0.25, 0.3) is 0 Å². The zero-order valence-electron chi connectivity index (χ0n) is 10.2. The first-order chi connectivity index (χ1) is 6.88. The average Bonchev–Trinajstić information content (AvgIpc) is 2.05. The predicted molar refractivity (Wildman–Crippen MR) is 68.5 cm³/mol. The molecular formula is C11H24ClN3O. The Morgan fingerprint density at radius 2 is 2.06 bits per heavy atom. The number of carbonyl (C=O) groups is 1. The summed E-state index contributed by atoms with van der Waals surface area (Å²) < 4.78 is 0. The number of amides is 1. The normalized spacial score (nSPS) is 22.6. The summed E-state index contributed by atoms with van der Waals surface area (Å²) >= 11 is 0. The Morgan fingerprint density at radius 1 is 1.44 bits per heavy atom. The molecule has 1 atom stereocenters. The molecule has 0 aromatic rings. The molecule has 1 heterocycles. The molecule has 1 aliphatic heterocycles. The molecular weight excluding hydrogens is 226 g/mol. The second-order valence-corrected chi connectivity index (χ2v) is 5.28. The summed E-state index contributed by atoms with van der Waals surface area (Å²) in [6, 6.07) is 0.305. The van der Waals surface area contributed by atoms with Crippen LogP contribution in [0.25, 0.3) is 0 Å². The van der Waals surface area contributed by atoms with Gasteiger partial charge in [-0.3, -0.25) is 9.69 Å². The highest BCUT2D eigenvalue weighted by Crippen LogP contribution is 2.20.